The number of piperazine rings is 1. The van der Waals surface area contributed by atoms with Crippen molar-refractivity contribution in [1.82, 2.24) is 9.80 Å². The van der Waals surface area contributed by atoms with Gasteiger partial charge < -0.3 is 14.4 Å². The fourth-order valence-electron chi connectivity index (χ4n) is 4.39. The molecule has 2 aliphatic rings. The zero-order chi connectivity index (χ0) is 21.6. The number of nitrogens with zero attached hydrogens (tertiary/aromatic N) is 3. The minimum absolute atomic E-state index is 0.0324. The maximum absolute atomic E-state index is 12.9. The number of ether oxygens (including phenoxy) is 2. The number of benzene rings is 2. The Labute approximate surface area is 184 Å². The normalized spacial score (nSPS) is 18.4. The van der Waals surface area contributed by atoms with E-state index in [0.717, 1.165) is 29.9 Å². The zero-order valence-electron chi connectivity index (χ0n) is 18.0. The highest BCUT2D eigenvalue weighted by atomic mass is 16.5. The molecule has 162 valence electrons. The lowest BCUT2D eigenvalue weighted by Gasteiger charge is -2.37. The number of amides is 1. The van der Waals surface area contributed by atoms with E-state index in [9.17, 15) is 10.1 Å². The van der Waals surface area contributed by atoms with Crippen molar-refractivity contribution in [3.05, 3.63) is 59.7 Å². The molecule has 31 heavy (non-hydrogen) atoms. The molecule has 1 heterocycles. The predicted molar refractivity (Wildman–Crippen MR) is 118 cm³/mol. The van der Waals surface area contributed by atoms with Crippen LogP contribution < -0.4 is 9.47 Å². The van der Waals surface area contributed by atoms with Crippen LogP contribution in [0, 0.1) is 11.3 Å². The second-order valence-electron chi connectivity index (χ2n) is 8.18. The van der Waals surface area contributed by atoms with Crippen LogP contribution in [0.5, 0.6) is 11.5 Å². The molecule has 2 aromatic rings. The van der Waals surface area contributed by atoms with Gasteiger partial charge in [0, 0.05) is 31.7 Å². The minimum atomic E-state index is -0.324. The first-order valence-corrected chi connectivity index (χ1v) is 11.0. The lowest BCUT2D eigenvalue weighted by Crippen LogP contribution is -2.49. The van der Waals surface area contributed by atoms with Crippen molar-refractivity contribution in [2.24, 2.45) is 0 Å². The summed E-state index contributed by atoms with van der Waals surface area (Å²) in [5, 5.41) is 9.72. The third-order valence-corrected chi connectivity index (χ3v) is 6.23. The van der Waals surface area contributed by atoms with Crippen molar-refractivity contribution in [2.45, 2.75) is 37.8 Å². The van der Waals surface area contributed by atoms with Crippen molar-refractivity contribution >= 4 is 5.91 Å². The van der Waals surface area contributed by atoms with Gasteiger partial charge in [0.15, 0.2) is 0 Å². The summed E-state index contributed by atoms with van der Waals surface area (Å²) < 4.78 is 11.2. The SMILES string of the molecule is COc1ccc(C(C#N)N2CCN(C(=O)c3ccc(OC4CCCC4)cc3)CC2)cc1. The molecule has 0 bridgehead atoms. The summed E-state index contributed by atoms with van der Waals surface area (Å²) in [6.07, 6.45) is 5.01. The Kier molecular flexibility index (Phi) is 6.73. The first-order valence-electron chi connectivity index (χ1n) is 11.0. The average Bonchev–Trinajstić information content (AvgIpc) is 3.34. The molecule has 1 saturated heterocycles. The summed E-state index contributed by atoms with van der Waals surface area (Å²) in [4.78, 5) is 16.9. The molecule has 6 nitrogen and oxygen atoms in total. The molecule has 1 atom stereocenters. The fourth-order valence-corrected chi connectivity index (χ4v) is 4.39. The van der Waals surface area contributed by atoms with E-state index in [-0.39, 0.29) is 11.9 Å². The molecule has 4 rings (SSSR count). The molecule has 1 amide bonds. The summed E-state index contributed by atoms with van der Waals surface area (Å²) in [7, 11) is 1.63. The topological polar surface area (TPSA) is 65.8 Å². The maximum atomic E-state index is 12.9. The van der Waals surface area contributed by atoms with Crippen LogP contribution in [0.1, 0.15) is 47.6 Å². The van der Waals surface area contributed by atoms with Crippen molar-refractivity contribution in [3.63, 3.8) is 0 Å². The third kappa shape index (κ3) is 5.00. The van der Waals surface area contributed by atoms with Gasteiger partial charge in [-0.05, 0) is 67.6 Å². The van der Waals surface area contributed by atoms with E-state index < -0.39 is 0 Å². The van der Waals surface area contributed by atoms with Crippen LogP contribution in [0.15, 0.2) is 48.5 Å². The molecular weight excluding hydrogens is 390 g/mol. The van der Waals surface area contributed by atoms with Crippen LogP contribution in [0.4, 0.5) is 0 Å². The van der Waals surface area contributed by atoms with E-state index in [1.165, 1.54) is 12.8 Å². The van der Waals surface area contributed by atoms with Gasteiger partial charge in [-0.15, -0.1) is 0 Å². The summed E-state index contributed by atoms with van der Waals surface area (Å²) >= 11 is 0. The largest absolute Gasteiger partial charge is 0.497 e. The average molecular weight is 420 g/mol. The molecule has 2 fully saturated rings. The highest BCUT2D eigenvalue weighted by Crippen LogP contribution is 2.26. The number of nitriles is 1. The van der Waals surface area contributed by atoms with Gasteiger partial charge in [0.2, 0.25) is 0 Å². The van der Waals surface area contributed by atoms with Crippen LogP contribution in [-0.4, -0.2) is 55.1 Å². The molecular formula is C25H29N3O3. The maximum Gasteiger partial charge on any atom is 0.253 e. The van der Waals surface area contributed by atoms with Gasteiger partial charge in [-0.25, -0.2) is 0 Å². The van der Waals surface area contributed by atoms with E-state index in [1.54, 1.807) is 7.11 Å². The molecule has 0 radical (unpaired) electrons. The standard InChI is InChI=1S/C25H29N3O3/c1-30-21-10-6-19(7-11-21)24(18-26)27-14-16-28(17-15-27)25(29)20-8-12-23(13-9-20)31-22-4-2-3-5-22/h6-13,22,24H,2-5,14-17H2,1H3. The van der Waals surface area contributed by atoms with Gasteiger partial charge in [0.25, 0.3) is 5.91 Å². The van der Waals surface area contributed by atoms with Crippen LogP contribution in [0.3, 0.4) is 0 Å². The van der Waals surface area contributed by atoms with Crippen molar-refractivity contribution < 1.29 is 14.3 Å². The third-order valence-electron chi connectivity index (χ3n) is 6.23. The van der Waals surface area contributed by atoms with E-state index in [0.29, 0.717) is 37.8 Å². The Bertz CT molecular complexity index is 907. The van der Waals surface area contributed by atoms with Crippen molar-refractivity contribution in [2.75, 3.05) is 33.3 Å². The van der Waals surface area contributed by atoms with E-state index >= 15 is 0 Å². The van der Waals surface area contributed by atoms with E-state index in [1.807, 2.05) is 53.4 Å². The number of hydrogen-bond acceptors (Lipinski definition) is 5. The van der Waals surface area contributed by atoms with E-state index in [4.69, 9.17) is 9.47 Å². The molecule has 1 saturated carbocycles. The number of hydrogen-bond donors (Lipinski definition) is 0. The van der Waals surface area contributed by atoms with Crippen LogP contribution in [0.2, 0.25) is 0 Å². The number of methoxy groups -OCH3 is 1. The van der Waals surface area contributed by atoms with Gasteiger partial charge >= 0.3 is 0 Å². The molecule has 1 unspecified atom stereocenters. The smallest absolute Gasteiger partial charge is 0.253 e. The second-order valence-corrected chi connectivity index (χ2v) is 8.18. The molecule has 0 spiro atoms. The van der Waals surface area contributed by atoms with Crippen LogP contribution >= 0.6 is 0 Å². The molecule has 0 aromatic heterocycles. The summed E-state index contributed by atoms with van der Waals surface area (Å²) in [5.74, 6) is 1.64. The van der Waals surface area contributed by atoms with Crippen molar-refractivity contribution in [1.29, 1.82) is 5.26 Å². The zero-order valence-corrected chi connectivity index (χ0v) is 18.0. The molecule has 2 aromatic carbocycles. The van der Waals surface area contributed by atoms with Crippen LogP contribution in [0.25, 0.3) is 0 Å². The Hall–Kier alpha value is -3.04. The Morgan fingerprint density at radius 2 is 1.58 bits per heavy atom. The number of rotatable bonds is 6. The van der Waals surface area contributed by atoms with Crippen molar-refractivity contribution in [3.8, 4) is 17.6 Å². The summed E-state index contributed by atoms with van der Waals surface area (Å²) in [5.41, 5.74) is 1.63. The molecule has 1 aliphatic carbocycles. The Morgan fingerprint density at radius 3 is 2.16 bits per heavy atom. The first-order chi connectivity index (χ1) is 15.2. The van der Waals surface area contributed by atoms with Crippen LogP contribution in [-0.2, 0) is 0 Å². The first kappa shape index (κ1) is 21.2. The van der Waals surface area contributed by atoms with Gasteiger partial charge in [0.05, 0.1) is 19.3 Å². The highest BCUT2D eigenvalue weighted by Gasteiger charge is 2.27. The number of carbonyl (C=O) groups excluding carboxylic acids is 1. The van der Waals surface area contributed by atoms with E-state index in [2.05, 4.69) is 11.0 Å². The van der Waals surface area contributed by atoms with Gasteiger partial charge in [0.1, 0.15) is 17.5 Å². The quantitative estimate of drug-likeness (QED) is 0.707. The summed E-state index contributed by atoms with van der Waals surface area (Å²) in [6, 6.07) is 17.2. The lowest BCUT2D eigenvalue weighted by atomic mass is 10.1. The van der Waals surface area contributed by atoms with Gasteiger partial charge in [-0.1, -0.05) is 12.1 Å². The monoisotopic (exact) mass is 419 g/mol. The predicted octanol–water partition coefficient (Wildman–Crippen LogP) is 4.04. The highest BCUT2D eigenvalue weighted by molar-refractivity contribution is 5.94. The van der Waals surface area contributed by atoms with Gasteiger partial charge in [-0.2, -0.15) is 5.26 Å². The molecule has 0 N–H and O–H groups in total. The lowest BCUT2D eigenvalue weighted by molar-refractivity contribution is 0.0606. The molecule has 6 heteroatoms. The van der Waals surface area contributed by atoms with Gasteiger partial charge in [-0.3, -0.25) is 9.69 Å². The second kappa shape index (κ2) is 9.84. The Balaban J connectivity index is 1.33. The summed E-state index contributed by atoms with van der Waals surface area (Å²) in [6.45, 7) is 2.54. The number of carbonyl (C=O) groups is 1. The Morgan fingerprint density at radius 1 is 0.968 bits per heavy atom. The minimum Gasteiger partial charge on any atom is -0.497 e. The molecule has 1 aliphatic heterocycles. The fraction of sp³-hybridized carbons (Fsp3) is 0.440.